The van der Waals surface area contributed by atoms with E-state index in [0.29, 0.717) is 4.47 Å². The lowest BCUT2D eigenvalue weighted by atomic mass is 10.3. The fourth-order valence-electron chi connectivity index (χ4n) is 1.63. The van der Waals surface area contributed by atoms with E-state index in [-0.39, 0.29) is 21.4 Å². The van der Waals surface area contributed by atoms with Crippen molar-refractivity contribution in [3.63, 3.8) is 0 Å². The van der Waals surface area contributed by atoms with Gasteiger partial charge in [-0.05, 0) is 46.3 Å². The number of anilines is 1. The fraction of sp³-hybridized carbons (Fsp3) is 0.0769. The van der Waals surface area contributed by atoms with Crippen molar-refractivity contribution in [2.75, 3.05) is 4.72 Å². The molecule has 0 aliphatic carbocycles. The smallest absolute Gasteiger partial charge is 0.387 e. The first kappa shape index (κ1) is 17.0. The zero-order chi connectivity index (χ0) is 16.3. The van der Waals surface area contributed by atoms with Crippen molar-refractivity contribution in [2.24, 2.45) is 0 Å². The Morgan fingerprint density at radius 1 is 1.18 bits per heavy atom. The van der Waals surface area contributed by atoms with Crippen LogP contribution < -0.4 is 9.46 Å². The van der Waals surface area contributed by atoms with Gasteiger partial charge in [0.1, 0.15) is 10.6 Å². The molecule has 0 spiro atoms. The third kappa shape index (κ3) is 4.08. The number of hydrogen-bond acceptors (Lipinski definition) is 3. The summed E-state index contributed by atoms with van der Waals surface area (Å²) in [6.07, 6.45) is 0. The van der Waals surface area contributed by atoms with Gasteiger partial charge in [0.05, 0.1) is 10.7 Å². The summed E-state index contributed by atoms with van der Waals surface area (Å²) >= 11 is 8.93. The van der Waals surface area contributed by atoms with Crippen LogP contribution >= 0.6 is 27.5 Å². The van der Waals surface area contributed by atoms with Crippen molar-refractivity contribution in [2.45, 2.75) is 11.5 Å². The first-order valence-corrected chi connectivity index (χ1v) is 8.47. The highest BCUT2D eigenvalue weighted by molar-refractivity contribution is 9.10. The molecule has 0 fully saturated rings. The van der Waals surface area contributed by atoms with Gasteiger partial charge in [-0.15, -0.1) is 0 Å². The van der Waals surface area contributed by atoms with E-state index in [1.165, 1.54) is 18.2 Å². The largest absolute Gasteiger partial charge is 0.433 e. The molecule has 0 saturated carbocycles. The van der Waals surface area contributed by atoms with E-state index < -0.39 is 16.6 Å². The van der Waals surface area contributed by atoms with Crippen LogP contribution in [0.5, 0.6) is 5.75 Å². The topological polar surface area (TPSA) is 55.4 Å². The van der Waals surface area contributed by atoms with Crippen LogP contribution in [-0.2, 0) is 10.0 Å². The summed E-state index contributed by atoms with van der Waals surface area (Å²) in [4.78, 5) is 0.0408. The van der Waals surface area contributed by atoms with E-state index in [2.05, 4.69) is 25.4 Å². The minimum absolute atomic E-state index is 0.0408. The maximum absolute atomic E-state index is 12.3. The van der Waals surface area contributed by atoms with Crippen molar-refractivity contribution < 1.29 is 21.9 Å². The lowest BCUT2D eigenvalue weighted by Crippen LogP contribution is -2.13. The normalized spacial score (nSPS) is 11.5. The number of rotatable bonds is 5. The zero-order valence-corrected chi connectivity index (χ0v) is 13.9. The van der Waals surface area contributed by atoms with Crippen LogP contribution in [0.3, 0.4) is 0 Å². The second-order valence-corrected chi connectivity index (χ2v) is 6.97. The fourth-order valence-corrected chi connectivity index (χ4v) is 3.91. The molecule has 9 heteroatoms. The van der Waals surface area contributed by atoms with Gasteiger partial charge in [-0.1, -0.05) is 23.7 Å². The van der Waals surface area contributed by atoms with E-state index in [4.69, 9.17) is 11.6 Å². The quantitative estimate of drug-likeness (QED) is 0.786. The molecule has 0 radical (unpaired) electrons. The van der Waals surface area contributed by atoms with Gasteiger partial charge in [0.2, 0.25) is 0 Å². The van der Waals surface area contributed by atoms with Gasteiger partial charge in [0.15, 0.2) is 0 Å². The first-order valence-electron chi connectivity index (χ1n) is 5.81. The van der Waals surface area contributed by atoms with E-state index in [9.17, 15) is 17.2 Å². The summed E-state index contributed by atoms with van der Waals surface area (Å²) in [6, 6.07) is 9.88. The molecule has 0 bridgehead atoms. The number of ether oxygens (including phenoxy) is 1. The van der Waals surface area contributed by atoms with Crippen molar-refractivity contribution >= 4 is 43.2 Å². The Bertz CT molecular complexity index is 787. The van der Waals surface area contributed by atoms with Gasteiger partial charge in [0, 0.05) is 4.47 Å². The number of nitrogens with one attached hydrogen (secondary N) is 1. The molecular formula is C13H9BrClF2NO3S. The van der Waals surface area contributed by atoms with Crippen LogP contribution in [0.4, 0.5) is 14.5 Å². The second-order valence-electron chi connectivity index (χ2n) is 4.06. The number of halogens is 4. The summed E-state index contributed by atoms with van der Waals surface area (Å²) in [5.41, 5.74) is 0.127. The molecule has 1 N–H and O–H groups in total. The molecule has 0 aliphatic heterocycles. The van der Waals surface area contributed by atoms with E-state index in [1.54, 1.807) is 18.2 Å². The summed E-state index contributed by atoms with van der Waals surface area (Å²) in [6.45, 7) is -3.01. The molecule has 0 aromatic heterocycles. The number of sulfonamides is 1. The van der Waals surface area contributed by atoms with Gasteiger partial charge in [0.25, 0.3) is 10.0 Å². The summed E-state index contributed by atoms with van der Waals surface area (Å²) in [5.74, 6) is -0.236. The molecule has 118 valence electrons. The molecule has 0 unspecified atom stereocenters. The Morgan fingerprint density at radius 3 is 2.45 bits per heavy atom. The number of benzene rings is 2. The van der Waals surface area contributed by atoms with Gasteiger partial charge in [-0.2, -0.15) is 8.78 Å². The lowest BCUT2D eigenvalue weighted by molar-refractivity contribution is -0.0497. The maximum Gasteiger partial charge on any atom is 0.387 e. The molecule has 4 nitrogen and oxygen atoms in total. The van der Waals surface area contributed by atoms with Crippen LogP contribution in [0.25, 0.3) is 0 Å². The Morgan fingerprint density at radius 2 is 1.86 bits per heavy atom. The number of hydrogen-bond donors (Lipinski definition) is 1. The van der Waals surface area contributed by atoms with E-state index in [0.717, 1.165) is 6.07 Å². The highest BCUT2D eigenvalue weighted by atomic mass is 79.9. The highest BCUT2D eigenvalue weighted by Gasteiger charge is 2.18. The number of alkyl halides is 2. The van der Waals surface area contributed by atoms with Crippen LogP contribution in [0.1, 0.15) is 0 Å². The monoisotopic (exact) mass is 411 g/mol. The van der Waals surface area contributed by atoms with Crippen LogP contribution in [0.2, 0.25) is 5.02 Å². The van der Waals surface area contributed by atoms with Gasteiger partial charge >= 0.3 is 6.61 Å². The molecule has 0 atom stereocenters. The average Bonchev–Trinajstić information content (AvgIpc) is 2.41. The van der Waals surface area contributed by atoms with Crippen LogP contribution in [0, 0.1) is 0 Å². The molecule has 2 rings (SSSR count). The Labute approximate surface area is 139 Å². The summed E-state index contributed by atoms with van der Waals surface area (Å²) in [7, 11) is -3.84. The SMILES string of the molecule is O=S(=O)(Nc1ccc(OC(F)F)c(Cl)c1)c1ccccc1Br. The highest BCUT2D eigenvalue weighted by Crippen LogP contribution is 2.30. The van der Waals surface area contributed by atoms with Crippen molar-refractivity contribution in [3.05, 3.63) is 52.0 Å². The molecule has 22 heavy (non-hydrogen) atoms. The van der Waals surface area contributed by atoms with Crippen LogP contribution in [0.15, 0.2) is 51.8 Å². The molecule has 0 heterocycles. The predicted octanol–water partition coefficient (Wildman–Crippen LogP) is 4.50. The molecule has 2 aromatic carbocycles. The van der Waals surface area contributed by atoms with Crippen molar-refractivity contribution in [1.82, 2.24) is 0 Å². The Kier molecular flexibility index (Phi) is 5.25. The van der Waals surface area contributed by atoms with E-state index in [1.807, 2.05) is 0 Å². The minimum atomic E-state index is -3.84. The molecular weight excluding hydrogens is 404 g/mol. The molecule has 0 aliphatic rings. The Hall–Kier alpha value is -1.38. The average molecular weight is 413 g/mol. The molecule has 0 amide bonds. The summed E-state index contributed by atoms with van der Waals surface area (Å²) in [5, 5.41) is -0.132. The minimum Gasteiger partial charge on any atom is -0.433 e. The third-order valence-corrected chi connectivity index (χ3v) is 5.22. The van der Waals surface area contributed by atoms with Gasteiger partial charge < -0.3 is 4.74 Å². The van der Waals surface area contributed by atoms with Crippen molar-refractivity contribution in [3.8, 4) is 5.75 Å². The predicted molar refractivity (Wildman–Crippen MR) is 83.0 cm³/mol. The second kappa shape index (κ2) is 6.80. The van der Waals surface area contributed by atoms with Crippen LogP contribution in [-0.4, -0.2) is 15.0 Å². The zero-order valence-electron chi connectivity index (χ0n) is 10.8. The summed E-state index contributed by atoms with van der Waals surface area (Å²) < 4.78 is 55.7. The first-order chi connectivity index (χ1) is 10.3. The molecule has 0 saturated heterocycles. The Balaban J connectivity index is 2.27. The van der Waals surface area contributed by atoms with Gasteiger partial charge in [-0.25, -0.2) is 8.42 Å². The van der Waals surface area contributed by atoms with Crippen molar-refractivity contribution in [1.29, 1.82) is 0 Å². The van der Waals surface area contributed by atoms with Gasteiger partial charge in [-0.3, -0.25) is 4.72 Å². The maximum atomic E-state index is 12.3. The lowest BCUT2D eigenvalue weighted by Gasteiger charge is -2.11. The third-order valence-electron chi connectivity index (χ3n) is 2.53. The molecule has 2 aromatic rings. The van der Waals surface area contributed by atoms with E-state index >= 15 is 0 Å². The standard InChI is InChI=1S/C13H9BrClF2NO3S/c14-9-3-1-2-4-12(9)22(19,20)18-8-5-6-11(10(15)7-8)21-13(16)17/h1-7,13,18H.